The van der Waals surface area contributed by atoms with Crippen molar-refractivity contribution in [2.24, 2.45) is 10.2 Å². The summed E-state index contributed by atoms with van der Waals surface area (Å²) in [6, 6.07) is 40.7. The van der Waals surface area contributed by atoms with E-state index in [9.17, 15) is 9.34 Å². The number of nitrogen functional groups attached to an aromatic ring is 2. The van der Waals surface area contributed by atoms with E-state index in [1.54, 1.807) is 12.1 Å². The van der Waals surface area contributed by atoms with Crippen LogP contribution in [-0.4, -0.2) is 17.4 Å². The smallest absolute Gasteiger partial charge is 0.398 e. The third-order valence-electron chi connectivity index (χ3n) is 5.77. The van der Waals surface area contributed by atoms with E-state index in [4.69, 9.17) is 16.1 Å². The molecule has 0 bridgehead atoms. The fourth-order valence-corrected chi connectivity index (χ4v) is 4.04. The quantitative estimate of drug-likeness (QED) is 0.113. The Hall–Kier alpha value is -4.57. The molecule has 5 N–H and O–H groups in total. The summed E-state index contributed by atoms with van der Waals surface area (Å²) >= 11 is 0. The second kappa shape index (κ2) is 14.6. The largest absolute Gasteiger partial charge is 0.678 e. The van der Waals surface area contributed by atoms with Crippen molar-refractivity contribution in [3.05, 3.63) is 150 Å². The van der Waals surface area contributed by atoms with E-state index in [1.807, 2.05) is 121 Å². The molecule has 202 valence electrons. The number of hydrogen-bond acceptors (Lipinski definition) is 7. The Labute approximate surface area is 239 Å². The number of nitrogens with zero attached hydrogens (tertiary/aromatic N) is 3. The van der Waals surface area contributed by atoms with Gasteiger partial charge in [-0.15, -0.1) is 17.5 Å². The summed E-state index contributed by atoms with van der Waals surface area (Å²) in [5, 5.41) is 17.4. The molecule has 0 amide bonds. The highest BCUT2D eigenvalue weighted by Crippen LogP contribution is 2.40. The number of aromatic nitrogens is 1. The van der Waals surface area contributed by atoms with E-state index in [1.165, 1.54) is 0 Å². The predicted octanol–water partition coefficient (Wildman–Crippen LogP) is 7.03. The highest BCUT2D eigenvalue weighted by molar-refractivity contribution is 6.33. The molecule has 0 aliphatic rings. The molecule has 5 aromatic rings. The van der Waals surface area contributed by atoms with Crippen LogP contribution in [0.5, 0.6) is 0 Å². The Morgan fingerprint density at radius 3 is 1.48 bits per heavy atom. The second-order valence-electron chi connectivity index (χ2n) is 8.37. The maximum absolute atomic E-state index is 13.6. The summed E-state index contributed by atoms with van der Waals surface area (Å²) < 4.78 is 19.1. The summed E-state index contributed by atoms with van der Waals surface area (Å²) in [5.74, 6) is 0.649. The molecule has 0 atom stereocenters. The molecule has 0 radical (unpaired) electrons. The average Bonchev–Trinajstić information content (AvgIpc) is 2.98. The standard InChI is InChI=1S/C19H16BFO2.C11H11N5.ClH/c21-20(22)23-19(16-10-4-1-5-11-16,17-12-6-2-7-13-17)18-14-8-3-9-15-18;12-10-7-6-9(11(13)14-10)16-15-8-4-2-1-3-5-8;/h1-15,22H;1-7H,(H4,12,13,14);1H. The van der Waals surface area contributed by atoms with Gasteiger partial charge in [-0.2, -0.15) is 5.11 Å². The molecule has 0 aliphatic heterocycles. The molecule has 40 heavy (non-hydrogen) atoms. The van der Waals surface area contributed by atoms with Gasteiger partial charge in [-0.05, 0) is 41.0 Å². The van der Waals surface area contributed by atoms with Gasteiger partial charge in [-0.1, -0.05) is 109 Å². The number of pyridine rings is 1. The Morgan fingerprint density at radius 1 is 0.650 bits per heavy atom. The van der Waals surface area contributed by atoms with E-state index >= 15 is 0 Å². The lowest BCUT2D eigenvalue weighted by Gasteiger charge is -2.35. The maximum Gasteiger partial charge on any atom is 0.678 e. The van der Waals surface area contributed by atoms with E-state index in [-0.39, 0.29) is 18.2 Å². The van der Waals surface area contributed by atoms with Gasteiger partial charge in [-0.3, -0.25) is 4.32 Å². The summed E-state index contributed by atoms with van der Waals surface area (Å²) in [5.41, 5.74) is 13.4. The fourth-order valence-electron chi connectivity index (χ4n) is 4.04. The van der Waals surface area contributed by atoms with Crippen LogP contribution in [0.15, 0.2) is 144 Å². The van der Waals surface area contributed by atoms with E-state index in [2.05, 4.69) is 15.2 Å². The van der Waals surface area contributed by atoms with Gasteiger partial charge in [0.25, 0.3) is 0 Å². The minimum atomic E-state index is -2.41. The number of nitrogens with two attached hydrogens (primary N) is 2. The highest BCUT2D eigenvalue weighted by atomic mass is 35.5. The maximum atomic E-state index is 13.6. The van der Waals surface area contributed by atoms with Crippen molar-refractivity contribution in [1.82, 2.24) is 4.98 Å². The van der Waals surface area contributed by atoms with Gasteiger partial charge in [-0.25, -0.2) is 4.98 Å². The number of azo groups is 1. The molecule has 4 aromatic carbocycles. The van der Waals surface area contributed by atoms with Crippen molar-refractivity contribution < 1.29 is 14.0 Å². The predicted molar refractivity (Wildman–Crippen MR) is 160 cm³/mol. The van der Waals surface area contributed by atoms with Crippen molar-refractivity contribution in [1.29, 1.82) is 0 Å². The lowest BCUT2D eigenvalue weighted by Crippen LogP contribution is -2.37. The summed E-state index contributed by atoms with van der Waals surface area (Å²) in [4.78, 5) is 3.89. The molecular weight excluding hydrogens is 528 g/mol. The number of halogens is 2. The van der Waals surface area contributed by atoms with Crippen LogP contribution >= 0.6 is 12.4 Å². The highest BCUT2D eigenvalue weighted by Gasteiger charge is 2.41. The first kappa shape index (κ1) is 30.0. The van der Waals surface area contributed by atoms with Crippen molar-refractivity contribution in [2.45, 2.75) is 5.60 Å². The van der Waals surface area contributed by atoms with Crippen LogP contribution in [0.25, 0.3) is 0 Å². The van der Waals surface area contributed by atoms with Crippen LogP contribution in [0.4, 0.5) is 27.3 Å². The van der Waals surface area contributed by atoms with Gasteiger partial charge in [0.15, 0.2) is 5.82 Å². The SMILES string of the molecule is Cl.Nc1ccc(N=Nc2ccccc2)c(N)n1.OB(F)OC(c1ccccc1)(c1ccccc1)c1ccccc1. The average molecular weight is 556 g/mol. The van der Waals surface area contributed by atoms with Crippen molar-refractivity contribution in [3.8, 4) is 0 Å². The third-order valence-corrected chi connectivity index (χ3v) is 5.77. The first-order valence-electron chi connectivity index (χ1n) is 12.1. The Balaban J connectivity index is 0.000000229. The third kappa shape index (κ3) is 7.51. The van der Waals surface area contributed by atoms with Crippen molar-refractivity contribution >= 4 is 42.8 Å². The zero-order valence-electron chi connectivity index (χ0n) is 21.4. The van der Waals surface area contributed by atoms with E-state index < -0.39 is 13.0 Å². The zero-order chi connectivity index (χ0) is 27.5. The monoisotopic (exact) mass is 555 g/mol. The van der Waals surface area contributed by atoms with Gasteiger partial charge < -0.3 is 21.1 Å². The lowest BCUT2D eigenvalue weighted by molar-refractivity contribution is 0.100. The topological polar surface area (TPSA) is 119 Å². The minimum absolute atomic E-state index is 0. The van der Waals surface area contributed by atoms with Crippen LogP contribution in [0.2, 0.25) is 0 Å². The number of anilines is 2. The lowest BCUT2D eigenvalue weighted by atomic mass is 9.79. The molecule has 0 saturated carbocycles. The molecule has 0 fully saturated rings. The number of benzene rings is 4. The van der Waals surface area contributed by atoms with Crippen molar-refractivity contribution in [2.75, 3.05) is 11.5 Å². The van der Waals surface area contributed by atoms with Gasteiger partial charge in [0.2, 0.25) is 0 Å². The molecule has 5 rings (SSSR count). The molecule has 1 heterocycles. The minimum Gasteiger partial charge on any atom is -0.398 e. The first-order chi connectivity index (χ1) is 19.0. The van der Waals surface area contributed by atoms with E-state index in [0.717, 1.165) is 22.4 Å². The molecule has 0 unspecified atom stereocenters. The molecular formula is C30H28BClFN5O2. The van der Waals surface area contributed by atoms with Gasteiger partial charge >= 0.3 is 7.40 Å². The van der Waals surface area contributed by atoms with Crippen LogP contribution in [0.3, 0.4) is 0 Å². The fraction of sp³-hybridized carbons (Fsp3) is 0.0333. The first-order valence-corrected chi connectivity index (χ1v) is 12.1. The molecule has 0 saturated heterocycles. The Morgan fingerprint density at radius 2 is 1.07 bits per heavy atom. The Bertz CT molecular complexity index is 1390. The summed E-state index contributed by atoms with van der Waals surface area (Å²) in [6.07, 6.45) is 0. The van der Waals surface area contributed by atoms with Gasteiger partial charge in [0.1, 0.15) is 17.1 Å². The van der Waals surface area contributed by atoms with Crippen LogP contribution in [-0.2, 0) is 10.3 Å². The normalized spacial score (nSPS) is 10.8. The summed E-state index contributed by atoms with van der Waals surface area (Å²) in [7, 11) is -2.41. The van der Waals surface area contributed by atoms with Gasteiger partial charge in [0.05, 0.1) is 5.69 Å². The van der Waals surface area contributed by atoms with Crippen LogP contribution in [0, 0.1) is 0 Å². The molecule has 0 spiro atoms. The molecule has 10 heteroatoms. The van der Waals surface area contributed by atoms with Crippen LogP contribution in [0.1, 0.15) is 16.7 Å². The van der Waals surface area contributed by atoms with Gasteiger partial charge in [0, 0.05) is 0 Å². The number of hydrogen-bond donors (Lipinski definition) is 3. The number of rotatable bonds is 7. The summed E-state index contributed by atoms with van der Waals surface area (Å²) in [6.45, 7) is 0. The Kier molecular flexibility index (Phi) is 10.9. The van der Waals surface area contributed by atoms with Crippen LogP contribution < -0.4 is 11.5 Å². The molecule has 1 aromatic heterocycles. The van der Waals surface area contributed by atoms with E-state index in [0.29, 0.717) is 11.5 Å². The molecule has 0 aliphatic carbocycles. The molecule has 7 nitrogen and oxygen atoms in total. The van der Waals surface area contributed by atoms with Crippen molar-refractivity contribution in [3.63, 3.8) is 0 Å². The second-order valence-corrected chi connectivity index (χ2v) is 8.37. The zero-order valence-corrected chi connectivity index (χ0v) is 22.2.